The van der Waals surface area contributed by atoms with Gasteiger partial charge in [-0.2, -0.15) is 12.7 Å². The third-order valence-corrected chi connectivity index (χ3v) is 2.60. The van der Waals surface area contributed by atoms with Crippen molar-refractivity contribution < 1.29 is 13.0 Å². The summed E-state index contributed by atoms with van der Waals surface area (Å²) < 4.78 is 30.4. The molecule has 0 aromatic carbocycles. The van der Waals surface area contributed by atoms with Gasteiger partial charge in [-0.3, -0.25) is 4.55 Å². The molecular formula is C6H15NO3S. The average Bonchev–Trinajstić information content (AvgIpc) is 1.85. The predicted molar refractivity (Wildman–Crippen MR) is 43.6 cm³/mol. The highest BCUT2D eigenvalue weighted by molar-refractivity contribution is 7.83. The quantitative estimate of drug-likeness (QED) is 0.652. The highest BCUT2D eigenvalue weighted by atomic mass is 32.2. The van der Waals surface area contributed by atoms with Crippen molar-refractivity contribution in [1.29, 1.82) is 0 Å². The number of rotatable bonds is 4. The lowest BCUT2D eigenvalue weighted by Crippen LogP contribution is -2.30. The Kier molecular flexibility index (Phi) is 3.99. The summed E-state index contributed by atoms with van der Waals surface area (Å²) in [6.45, 7) is 4.28. The maximum absolute atomic E-state index is 10.5. The predicted octanol–water partition coefficient (Wildman–Crippen LogP) is 0.767. The molecule has 0 spiro atoms. The van der Waals surface area contributed by atoms with Gasteiger partial charge in [0, 0.05) is 13.6 Å². The van der Waals surface area contributed by atoms with Crippen LogP contribution in [0.4, 0.5) is 0 Å². The second kappa shape index (κ2) is 4.04. The smallest absolute Gasteiger partial charge is 0.273 e. The molecule has 11 heavy (non-hydrogen) atoms. The Morgan fingerprint density at radius 1 is 1.55 bits per heavy atom. The normalized spacial score (nSPS) is 15.4. The maximum atomic E-state index is 10.5. The highest BCUT2D eigenvalue weighted by Gasteiger charge is 2.14. The van der Waals surface area contributed by atoms with Gasteiger partial charge in [-0.25, -0.2) is 0 Å². The molecule has 0 aliphatic heterocycles. The van der Waals surface area contributed by atoms with Crippen LogP contribution in [0.5, 0.6) is 0 Å². The average molecular weight is 181 g/mol. The van der Waals surface area contributed by atoms with E-state index in [0.717, 1.165) is 10.7 Å². The van der Waals surface area contributed by atoms with Crippen molar-refractivity contribution >= 4 is 10.3 Å². The first-order chi connectivity index (χ1) is 4.88. The third-order valence-electron chi connectivity index (χ3n) is 1.66. The molecule has 4 nitrogen and oxygen atoms in total. The Balaban J connectivity index is 3.98. The van der Waals surface area contributed by atoms with Crippen LogP contribution in [0.3, 0.4) is 0 Å². The molecule has 0 saturated heterocycles. The number of hydrogen-bond acceptors (Lipinski definition) is 2. The molecule has 1 unspecified atom stereocenters. The molecule has 0 aliphatic rings. The molecule has 0 fully saturated rings. The molecule has 0 aliphatic carbocycles. The van der Waals surface area contributed by atoms with Crippen LogP contribution in [0, 0.1) is 5.92 Å². The maximum Gasteiger partial charge on any atom is 0.335 e. The van der Waals surface area contributed by atoms with Gasteiger partial charge in [-0.05, 0) is 5.92 Å². The highest BCUT2D eigenvalue weighted by Crippen LogP contribution is 2.04. The Bertz CT molecular complexity index is 200. The van der Waals surface area contributed by atoms with Crippen LogP contribution in [0.15, 0.2) is 0 Å². The van der Waals surface area contributed by atoms with Gasteiger partial charge in [0.1, 0.15) is 0 Å². The molecule has 68 valence electrons. The SMILES string of the molecule is CCC(C)CN(C)S(=O)(=O)O. The van der Waals surface area contributed by atoms with E-state index in [9.17, 15) is 8.42 Å². The minimum atomic E-state index is -3.97. The van der Waals surface area contributed by atoms with Crippen molar-refractivity contribution in [3.05, 3.63) is 0 Å². The van der Waals surface area contributed by atoms with Crippen molar-refractivity contribution in [2.24, 2.45) is 5.92 Å². The monoisotopic (exact) mass is 181 g/mol. The van der Waals surface area contributed by atoms with Crippen LogP contribution in [0.1, 0.15) is 20.3 Å². The fourth-order valence-electron chi connectivity index (χ4n) is 0.662. The lowest BCUT2D eigenvalue weighted by Gasteiger charge is -2.16. The first-order valence-corrected chi connectivity index (χ1v) is 4.96. The minimum absolute atomic E-state index is 0.280. The molecule has 0 radical (unpaired) electrons. The molecular weight excluding hydrogens is 166 g/mol. The fourth-order valence-corrected chi connectivity index (χ4v) is 1.11. The molecule has 0 rings (SSSR count). The largest absolute Gasteiger partial charge is 0.335 e. The van der Waals surface area contributed by atoms with E-state index in [4.69, 9.17) is 4.55 Å². The standard InChI is InChI=1S/C6H15NO3S/c1-4-6(2)5-7(3)11(8,9)10/h6H,4-5H2,1-3H3,(H,8,9,10). The zero-order valence-electron chi connectivity index (χ0n) is 7.11. The van der Waals surface area contributed by atoms with Crippen molar-refractivity contribution in [2.75, 3.05) is 13.6 Å². The van der Waals surface area contributed by atoms with Gasteiger partial charge in [-0.15, -0.1) is 0 Å². The van der Waals surface area contributed by atoms with Crippen molar-refractivity contribution in [1.82, 2.24) is 4.31 Å². The van der Waals surface area contributed by atoms with Crippen molar-refractivity contribution in [2.45, 2.75) is 20.3 Å². The first kappa shape index (κ1) is 10.9. The Morgan fingerprint density at radius 2 is 2.00 bits per heavy atom. The van der Waals surface area contributed by atoms with E-state index in [2.05, 4.69) is 0 Å². The molecule has 0 amide bonds. The van der Waals surface area contributed by atoms with E-state index in [0.29, 0.717) is 6.54 Å². The van der Waals surface area contributed by atoms with Gasteiger partial charge >= 0.3 is 10.3 Å². The Hall–Kier alpha value is -0.130. The van der Waals surface area contributed by atoms with Crippen LogP contribution >= 0.6 is 0 Å². The van der Waals surface area contributed by atoms with Gasteiger partial charge in [0.2, 0.25) is 0 Å². The summed E-state index contributed by atoms with van der Waals surface area (Å²) in [5.74, 6) is 0.280. The van der Waals surface area contributed by atoms with Gasteiger partial charge in [0.25, 0.3) is 0 Å². The zero-order chi connectivity index (χ0) is 9.07. The van der Waals surface area contributed by atoms with Crippen LogP contribution in [-0.4, -0.2) is 30.9 Å². The fraction of sp³-hybridized carbons (Fsp3) is 1.00. The van der Waals surface area contributed by atoms with E-state index in [1.807, 2.05) is 13.8 Å². The summed E-state index contributed by atoms with van der Waals surface area (Å²) in [6, 6.07) is 0. The molecule has 0 heterocycles. The molecule has 0 aromatic rings. The Morgan fingerprint density at radius 3 is 2.27 bits per heavy atom. The molecule has 0 saturated carbocycles. The van der Waals surface area contributed by atoms with Crippen molar-refractivity contribution in [3.63, 3.8) is 0 Å². The topological polar surface area (TPSA) is 57.6 Å². The van der Waals surface area contributed by atoms with E-state index in [-0.39, 0.29) is 5.92 Å². The summed E-state index contributed by atoms with van der Waals surface area (Å²) in [4.78, 5) is 0. The summed E-state index contributed by atoms with van der Waals surface area (Å²) in [5.41, 5.74) is 0. The summed E-state index contributed by atoms with van der Waals surface area (Å²) in [7, 11) is -2.61. The van der Waals surface area contributed by atoms with Gasteiger partial charge in [0.15, 0.2) is 0 Å². The van der Waals surface area contributed by atoms with Crippen molar-refractivity contribution in [3.8, 4) is 0 Å². The molecule has 0 bridgehead atoms. The van der Waals surface area contributed by atoms with E-state index in [1.54, 1.807) is 0 Å². The van der Waals surface area contributed by atoms with Crippen LogP contribution in [0.2, 0.25) is 0 Å². The second-order valence-electron chi connectivity index (χ2n) is 2.77. The summed E-state index contributed by atoms with van der Waals surface area (Å²) >= 11 is 0. The first-order valence-electron chi connectivity index (χ1n) is 3.56. The van der Waals surface area contributed by atoms with Crippen LogP contribution in [-0.2, 0) is 10.3 Å². The number of hydrogen-bond donors (Lipinski definition) is 1. The van der Waals surface area contributed by atoms with Gasteiger partial charge < -0.3 is 0 Å². The van der Waals surface area contributed by atoms with E-state index in [1.165, 1.54) is 7.05 Å². The second-order valence-corrected chi connectivity index (χ2v) is 4.29. The lowest BCUT2D eigenvalue weighted by atomic mass is 10.1. The third kappa shape index (κ3) is 4.34. The molecule has 1 atom stereocenters. The van der Waals surface area contributed by atoms with Crippen LogP contribution in [0.25, 0.3) is 0 Å². The summed E-state index contributed by atoms with van der Waals surface area (Å²) in [5, 5.41) is 0. The zero-order valence-corrected chi connectivity index (χ0v) is 7.93. The molecule has 0 aromatic heterocycles. The number of nitrogens with zero attached hydrogens (tertiary/aromatic N) is 1. The molecule has 1 N–H and O–H groups in total. The van der Waals surface area contributed by atoms with E-state index >= 15 is 0 Å². The lowest BCUT2D eigenvalue weighted by molar-refractivity contribution is 0.347. The molecule has 5 heteroatoms. The van der Waals surface area contributed by atoms with E-state index < -0.39 is 10.3 Å². The van der Waals surface area contributed by atoms with Crippen LogP contribution < -0.4 is 0 Å². The summed E-state index contributed by atoms with van der Waals surface area (Å²) in [6.07, 6.45) is 0.903. The van der Waals surface area contributed by atoms with Gasteiger partial charge in [0.05, 0.1) is 0 Å². The van der Waals surface area contributed by atoms with Gasteiger partial charge in [-0.1, -0.05) is 20.3 Å². The Labute approximate surface area is 68.1 Å². The minimum Gasteiger partial charge on any atom is -0.273 e.